The Morgan fingerprint density at radius 1 is 0.929 bits per heavy atom. The Balaban J connectivity index is 1.49. The van der Waals surface area contributed by atoms with E-state index in [0.29, 0.717) is 11.5 Å². The SMILES string of the molecule is NC(=O)COc1ccc(/C=N/NC(=O)COc2cccc3ccccc23)cc1. The predicted molar refractivity (Wildman–Crippen MR) is 106 cm³/mol. The van der Waals surface area contributed by atoms with Crippen LogP contribution in [-0.2, 0) is 9.59 Å². The minimum absolute atomic E-state index is 0.148. The number of hydrogen-bond acceptors (Lipinski definition) is 5. The number of rotatable bonds is 8. The van der Waals surface area contributed by atoms with E-state index in [0.717, 1.165) is 16.3 Å². The van der Waals surface area contributed by atoms with Gasteiger partial charge in [0, 0.05) is 5.39 Å². The van der Waals surface area contributed by atoms with Crippen LogP contribution in [0.2, 0.25) is 0 Å². The highest BCUT2D eigenvalue weighted by atomic mass is 16.5. The van der Waals surface area contributed by atoms with E-state index in [9.17, 15) is 9.59 Å². The third kappa shape index (κ3) is 5.31. The van der Waals surface area contributed by atoms with Gasteiger partial charge in [-0.05, 0) is 41.3 Å². The van der Waals surface area contributed by atoms with E-state index < -0.39 is 5.91 Å². The van der Waals surface area contributed by atoms with Crippen LogP contribution in [0.3, 0.4) is 0 Å². The zero-order valence-electron chi connectivity index (χ0n) is 15.0. The van der Waals surface area contributed by atoms with Crippen LogP contribution < -0.4 is 20.6 Å². The Hall–Kier alpha value is -3.87. The third-order valence-electron chi connectivity index (χ3n) is 3.77. The first-order valence-electron chi connectivity index (χ1n) is 8.55. The van der Waals surface area contributed by atoms with Crippen molar-refractivity contribution < 1.29 is 19.1 Å². The summed E-state index contributed by atoms with van der Waals surface area (Å²) in [7, 11) is 0. The summed E-state index contributed by atoms with van der Waals surface area (Å²) in [5.41, 5.74) is 8.19. The van der Waals surface area contributed by atoms with Crippen molar-refractivity contribution in [2.24, 2.45) is 10.8 Å². The average molecular weight is 377 g/mol. The van der Waals surface area contributed by atoms with Crippen LogP contribution in [0.15, 0.2) is 71.8 Å². The van der Waals surface area contributed by atoms with Crippen LogP contribution in [0.4, 0.5) is 0 Å². The van der Waals surface area contributed by atoms with Gasteiger partial charge in [0.2, 0.25) is 0 Å². The summed E-state index contributed by atoms with van der Waals surface area (Å²) < 4.78 is 10.8. The molecule has 0 aromatic heterocycles. The lowest BCUT2D eigenvalue weighted by molar-refractivity contribution is -0.123. The maximum atomic E-state index is 11.9. The summed E-state index contributed by atoms with van der Waals surface area (Å²) in [5.74, 6) is 0.247. The van der Waals surface area contributed by atoms with E-state index >= 15 is 0 Å². The Bertz CT molecular complexity index is 995. The normalized spacial score (nSPS) is 10.7. The van der Waals surface area contributed by atoms with E-state index in [2.05, 4.69) is 10.5 Å². The molecule has 7 heteroatoms. The molecule has 3 N–H and O–H groups in total. The molecule has 0 radical (unpaired) electrons. The number of benzene rings is 3. The van der Waals surface area contributed by atoms with Gasteiger partial charge in [-0.2, -0.15) is 5.10 Å². The number of hydrogen-bond donors (Lipinski definition) is 2. The first kappa shape index (κ1) is 18.9. The smallest absolute Gasteiger partial charge is 0.277 e. The van der Waals surface area contributed by atoms with Crippen LogP contribution in [0.25, 0.3) is 10.8 Å². The van der Waals surface area contributed by atoms with E-state index in [1.54, 1.807) is 24.3 Å². The molecule has 28 heavy (non-hydrogen) atoms. The summed E-state index contributed by atoms with van der Waals surface area (Å²) in [5, 5.41) is 5.89. The molecule has 0 fully saturated rings. The number of nitrogens with two attached hydrogens (primary N) is 1. The van der Waals surface area contributed by atoms with Gasteiger partial charge in [-0.1, -0.05) is 36.4 Å². The van der Waals surface area contributed by atoms with Crippen LogP contribution in [-0.4, -0.2) is 31.2 Å². The van der Waals surface area contributed by atoms with Crippen molar-refractivity contribution in [2.45, 2.75) is 0 Å². The summed E-state index contributed by atoms with van der Waals surface area (Å²) in [6.45, 7) is -0.328. The van der Waals surface area contributed by atoms with E-state index in [-0.39, 0.29) is 19.1 Å². The number of carbonyl (C=O) groups is 2. The molecule has 7 nitrogen and oxygen atoms in total. The van der Waals surface area contributed by atoms with Gasteiger partial charge in [-0.25, -0.2) is 5.43 Å². The quantitative estimate of drug-likeness (QED) is 0.464. The van der Waals surface area contributed by atoms with E-state index in [4.69, 9.17) is 15.2 Å². The first-order chi connectivity index (χ1) is 13.6. The molecular formula is C21H19N3O4. The lowest BCUT2D eigenvalue weighted by atomic mass is 10.1. The maximum absolute atomic E-state index is 11.9. The number of nitrogens with one attached hydrogen (secondary N) is 1. The zero-order valence-corrected chi connectivity index (χ0v) is 15.0. The molecule has 0 saturated carbocycles. The van der Waals surface area contributed by atoms with Crippen LogP contribution in [0, 0.1) is 0 Å². The van der Waals surface area contributed by atoms with Crippen LogP contribution in [0.1, 0.15) is 5.56 Å². The first-order valence-corrected chi connectivity index (χ1v) is 8.55. The standard InChI is InChI=1S/C21H19N3O4/c22-20(25)13-27-17-10-8-15(9-11-17)12-23-24-21(26)14-28-19-7-3-5-16-4-1-2-6-18(16)19/h1-12H,13-14H2,(H2,22,25)(H,24,26)/b23-12+. The van der Waals surface area contributed by atoms with Gasteiger partial charge in [-0.3, -0.25) is 9.59 Å². The molecule has 3 aromatic rings. The molecule has 142 valence electrons. The highest BCUT2D eigenvalue weighted by molar-refractivity contribution is 5.89. The Morgan fingerprint density at radius 3 is 2.46 bits per heavy atom. The topological polar surface area (TPSA) is 103 Å². The van der Waals surface area contributed by atoms with Crippen molar-refractivity contribution in [1.82, 2.24) is 5.43 Å². The average Bonchev–Trinajstić information content (AvgIpc) is 2.71. The summed E-state index contributed by atoms with van der Waals surface area (Å²) in [6.07, 6.45) is 1.49. The van der Waals surface area contributed by atoms with Gasteiger partial charge < -0.3 is 15.2 Å². The number of carbonyl (C=O) groups excluding carboxylic acids is 2. The molecule has 0 heterocycles. The van der Waals surface area contributed by atoms with Crippen molar-refractivity contribution in [2.75, 3.05) is 13.2 Å². The number of ether oxygens (including phenoxy) is 2. The monoisotopic (exact) mass is 377 g/mol. The van der Waals surface area contributed by atoms with E-state index in [1.807, 2.05) is 42.5 Å². The Morgan fingerprint density at radius 2 is 1.68 bits per heavy atom. The van der Waals surface area contributed by atoms with Crippen molar-refractivity contribution >= 4 is 28.8 Å². The molecule has 2 amide bonds. The van der Waals surface area contributed by atoms with Crippen LogP contribution >= 0.6 is 0 Å². The van der Waals surface area contributed by atoms with Crippen LogP contribution in [0.5, 0.6) is 11.5 Å². The zero-order chi connectivity index (χ0) is 19.8. The van der Waals surface area contributed by atoms with Crippen molar-refractivity contribution in [3.05, 3.63) is 72.3 Å². The lowest BCUT2D eigenvalue weighted by Crippen LogP contribution is -2.24. The van der Waals surface area contributed by atoms with Crippen molar-refractivity contribution in [3.63, 3.8) is 0 Å². The van der Waals surface area contributed by atoms with E-state index in [1.165, 1.54) is 6.21 Å². The second kappa shape index (κ2) is 9.18. The Labute approximate surface area is 161 Å². The van der Waals surface area contributed by atoms with Crippen molar-refractivity contribution in [1.29, 1.82) is 0 Å². The summed E-state index contributed by atoms with van der Waals surface area (Å²) in [6, 6.07) is 20.3. The number of fused-ring (bicyclic) bond motifs is 1. The van der Waals surface area contributed by atoms with Gasteiger partial charge in [0.15, 0.2) is 13.2 Å². The molecule has 0 aliphatic carbocycles. The highest BCUT2D eigenvalue weighted by Gasteiger charge is 2.05. The second-order valence-electron chi connectivity index (χ2n) is 5.88. The molecule has 0 atom stereocenters. The molecule has 0 aliphatic rings. The number of amides is 2. The Kier molecular flexibility index (Phi) is 6.20. The molecule has 0 saturated heterocycles. The van der Waals surface area contributed by atoms with Gasteiger partial charge >= 0.3 is 0 Å². The highest BCUT2D eigenvalue weighted by Crippen LogP contribution is 2.24. The fourth-order valence-electron chi connectivity index (χ4n) is 2.48. The predicted octanol–water partition coefficient (Wildman–Crippen LogP) is 2.23. The molecule has 3 rings (SSSR count). The number of hydrazone groups is 1. The molecule has 0 unspecified atom stereocenters. The summed E-state index contributed by atoms with van der Waals surface area (Å²) in [4.78, 5) is 22.6. The molecule has 3 aromatic carbocycles. The second-order valence-corrected chi connectivity index (χ2v) is 5.88. The van der Waals surface area contributed by atoms with Gasteiger partial charge in [-0.15, -0.1) is 0 Å². The summed E-state index contributed by atoms with van der Waals surface area (Å²) >= 11 is 0. The molecule has 0 aliphatic heterocycles. The van der Waals surface area contributed by atoms with Gasteiger partial charge in [0.1, 0.15) is 11.5 Å². The molecular weight excluding hydrogens is 358 g/mol. The third-order valence-corrected chi connectivity index (χ3v) is 3.77. The van der Waals surface area contributed by atoms with Gasteiger partial charge in [0.05, 0.1) is 6.21 Å². The minimum atomic E-state index is -0.543. The largest absolute Gasteiger partial charge is 0.484 e. The molecule has 0 spiro atoms. The fourth-order valence-corrected chi connectivity index (χ4v) is 2.48. The maximum Gasteiger partial charge on any atom is 0.277 e. The number of nitrogens with zero attached hydrogens (tertiary/aromatic N) is 1. The number of primary amides is 1. The van der Waals surface area contributed by atoms with Gasteiger partial charge in [0.25, 0.3) is 11.8 Å². The minimum Gasteiger partial charge on any atom is -0.484 e. The fraction of sp³-hybridized carbons (Fsp3) is 0.0952. The molecule has 0 bridgehead atoms. The van der Waals surface area contributed by atoms with Crippen molar-refractivity contribution in [3.8, 4) is 11.5 Å². The lowest BCUT2D eigenvalue weighted by Gasteiger charge is -2.08.